The molecule has 0 aromatic rings. The summed E-state index contributed by atoms with van der Waals surface area (Å²) in [5.74, 6) is 0. The highest BCUT2D eigenvalue weighted by atomic mass is 28.4. The first-order chi connectivity index (χ1) is 12.9. The van der Waals surface area contributed by atoms with E-state index in [-0.39, 0.29) is 0 Å². The maximum atomic E-state index is 6.16. The predicted molar refractivity (Wildman–Crippen MR) is 124 cm³/mol. The molecule has 164 valence electrons. The van der Waals surface area contributed by atoms with Gasteiger partial charge in [0.15, 0.2) is 0 Å². The Balaban J connectivity index is 5.43. The van der Waals surface area contributed by atoms with Crippen molar-refractivity contribution in [3.05, 3.63) is 0 Å². The van der Waals surface area contributed by atoms with Gasteiger partial charge >= 0.3 is 8.80 Å². The summed E-state index contributed by atoms with van der Waals surface area (Å²) in [6.07, 6.45) is 9.29. The van der Waals surface area contributed by atoms with Gasteiger partial charge in [0.05, 0.1) is 8.07 Å². The Labute approximate surface area is 173 Å². The SMILES string of the molecule is CCCCCC[Si](C)(CC)C(CC)(CC)CC[Si](OCC)(OCC)OCC. The number of hydrogen-bond acceptors (Lipinski definition) is 3. The van der Waals surface area contributed by atoms with Crippen LogP contribution in [-0.4, -0.2) is 36.7 Å². The quantitative estimate of drug-likeness (QED) is 0.169. The molecule has 0 aliphatic heterocycles. The third-order valence-electron chi connectivity index (χ3n) is 7.00. The third-order valence-corrected chi connectivity index (χ3v) is 16.6. The fourth-order valence-electron chi connectivity index (χ4n) is 4.91. The summed E-state index contributed by atoms with van der Waals surface area (Å²) in [6.45, 7) is 20.5. The molecular weight excluding hydrogens is 368 g/mol. The molecule has 0 radical (unpaired) electrons. The molecule has 1 atom stereocenters. The minimum Gasteiger partial charge on any atom is -0.374 e. The van der Waals surface area contributed by atoms with E-state index in [1.54, 1.807) is 0 Å². The second-order valence-electron chi connectivity index (χ2n) is 8.19. The fraction of sp³-hybridized carbons (Fsp3) is 1.00. The molecule has 0 N–H and O–H groups in total. The monoisotopic (exact) mass is 418 g/mol. The summed E-state index contributed by atoms with van der Waals surface area (Å²) in [5, 5.41) is 0.470. The minimum absolute atomic E-state index is 0.470. The summed E-state index contributed by atoms with van der Waals surface area (Å²) in [4.78, 5) is 0. The number of rotatable bonds is 18. The molecule has 5 heteroatoms. The molecule has 0 amide bonds. The van der Waals surface area contributed by atoms with Crippen molar-refractivity contribution in [2.45, 2.75) is 123 Å². The molecule has 0 fully saturated rings. The van der Waals surface area contributed by atoms with Gasteiger partial charge in [-0.05, 0) is 32.2 Å². The minimum atomic E-state index is -2.55. The molecule has 0 saturated carbocycles. The molecule has 0 bridgehead atoms. The van der Waals surface area contributed by atoms with Crippen LogP contribution in [0.4, 0.5) is 0 Å². The van der Waals surface area contributed by atoms with Crippen LogP contribution >= 0.6 is 0 Å². The molecule has 1 unspecified atom stereocenters. The van der Waals surface area contributed by atoms with Crippen molar-refractivity contribution in [3.8, 4) is 0 Å². The van der Waals surface area contributed by atoms with Gasteiger partial charge in [0.2, 0.25) is 0 Å². The van der Waals surface area contributed by atoms with Crippen molar-refractivity contribution in [2.24, 2.45) is 0 Å². The van der Waals surface area contributed by atoms with Crippen LogP contribution in [0, 0.1) is 0 Å². The van der Waals surface area contributed by atoms with Gasteiger partial charge in [0.25, 0.3) is 0 Å². The average molecular weight is 419 g/mol. The van der Waals surface area contributed by atoms with E-state index >= 15 is 0 Å². The average Bonchev–Trinajstić information content (AvgIpc) is 2.67. The van der Waals surface area contributed by atoms with Crippen LogP contribution in [-0.2, 0) is 13.3 Å². The Morgan fingerprint density at radius 3 is 1.56 bits per heavy atom. The lowest BCUT2D eigenvalue weighted by molar-refractivity contribution is 0.0695. The van der Waals surface area contributed by atoms with E-state index in [1.165, 1.54) is 57.0 Å². The van der Waals surface area contributed by atoms with Gasteiger partial charge in [-0.3, -0.25) is 0 Å². The van der Waals surface area contributed by atoms with Crippen molar-refractivity contribution in [3.63, 3.8) is 0 Å². The van der Waals surface area contributed by atoms with Crippen LogP contribution in [0.3, 0.4) is 0 Å². The lowest BCUT2D eigenvalue weighted by Gasteiger charge is -2.48. The van der Waals surface area contributed by atoms with Gasteiger partial charge in [-0.2, -0.15) is 0 Å². The molecule has 0 aromatic heterocycles. The molecule has 0 aliphatic carbocycles. The zero-order valence-electron chi connectivity index (χ0n) is 19.9. The molecule has 3 nitrogen and oxygen atoms in total. The van der Waals surface area contributed by atoms with Gasteiger partial charge in [0, 0.05) is 25.9 Å². The molecule has 27 heavy (non-hydrogen) atoms. The summed E-state index contributed by atoms with van der Waals surface area (Å²) in [7, 11) is -3.92. The van der Waals surface area contributed by atoms with Gasteiger partial charge in [-0.1, -0.05) is 84.9 Å². The first-order valence-corrected chi connectivity index (χ1v) is 16.6. The molecule has 0 aliphatic rings. The Morgan fingerprint density at radius 2 is 1.19 bits per heavy atom. The second-order valence-corrected chi connectivity index (χ2v) is 16.3. The van der Waals surface area contributed by atoms with Crippen LogP contribution in [0.15, 0.2) is 0 Å². The first kappa shape index (κ1) is 27.3. The maximum absolute atomic E-state index is 6.16. The molecule has 0 spiro atoms. The van der Waals surface area contributed by atoms with Gasteiger partial charge < -0.3 is 13.3 Å². The van der Waals surface area contributed by atoms with E-state index in [0.29, 0.717) is 24.9 Å². The second kappa shape index (κ2) is 14.3. The Bertz CT molecular complexity index is 344. The summed E-state index contributed by atoms with van der Waals surface area (Å²) < 4.78 is 18.5. The van der Waals surface area contributed by atoms with Crippen LogP contribution in [0.2, 0.25) is 29.7 Å². The molecule has 0 aromatic carbocycles. The standard InChI is InChI=1S/C22H50O3Si2/c1-9-16-17-18-20-26(8,15-7)22(10-2,11-3)19-21-27(23-12-4,24-13-5)25-14-6/h9-21H2,1-8H3. The van der Waals surface area contributed by atoms with Crippen molar-refractivity contribution < 1.29 is 13.3 Å². The van der Waals surface area contributed by atoms with Gasteiger partial charge in [-0.25, -0.2) is 0 Å². The van der Waals surface area contributed by atoms with Crippen molar-refractivity contribution in [2.75, 3.05) is 19.8 Å². The summed E-state index contributed by atoms with van der Waals surface area (Å²) >= 11 is 0. The van der Waals surface area contributed by atoms with E-state index in [2.05, 4.69) is 55.0 Å². The number of hydrogen-bond donors (Lipinski definition) is 0. The largest absolute Gasteiger partial charge is 0.500 e. The molecular formula is C22H50O3Si2. The van der Waals surface area contributed by atoms with E-state index in [9.17, 15) is 0 Å². The van der Waals surface area contributed by atoms with Gasteiger partial charge in [-0.15, -0.1) is 0 Å². The molecule has 0 rings (SSSR count). The zero-order chi connectivity index (χ0) is 20.8. The smallest absolute Gasteiger partial charge is 0.374 e. The number of unbranched alkanes of at least 4 members (excludes halogenated alkanes) is 3. The molecule has 0 saturated heterocycles. The first-order valence-electron chi connectivity index (χ1n) is 11.8. The van der Waals surface area contributed by atoms with Crippen LogP contribution in [0.1, 0.15) is 93.4 Å². The van der Waals surface area contributed by atoms with Gasteiger partial charge in [0.1, 0.15) is 0 Å². The van der Waals surface area contributed by atoms with E-state index in [1.807, 2.05) is 0 Å². The fourth-order valence-corrected chi connectivity index (χ4v) is 13.0. The normalized spacial score (nSPS) is 15.1. The van der Waals surface area contributed by atoms with E-state index < -0.39 is 16.9 Å². The Hall–Kier alpha value is 0.314. The Morgan fingerprint density at radius 1 is 0.667 bits per heavy atom. The summed E-state index contributed by atoms with van der Waals surface area (Å²) in [6, 6.07) is 3.83. The zero-order valence-corrected chi connectivity index (χ0v) is 21.9. The van der Waals surface area contributed by atoms with Crippen LogP contribution in [0.25, 0.3) is 0 Å². The van der Waals surface area contributed by atoms with E-state index in [0.717, 1.165) is 6.04 Å². The molecule has 0 heterocycles. The lowest BCUT2D eigenvalue weighted by Crippen LogP contribution is -2.49. The van der Waals surface area contributed by atoms with Crippen molar-refractivity contribution in [1.29, 1.82) is 0 Å². The third kappa shape index (κ3) is 7.92. The topological polar surface area (TPSA) is 27.7 Å². The van der Waals surface area contributed by atoms with Crippen molar-refractivity contribution in [1.82, 2.24) is 0 Å². The predicted octanol–water partition coefficient (Wildman–Crippen LogP) is 7.66. The van der Waals surface area contributed by atoms with Crippen LogP contribution in [0.5, 0.6) is 0 Å². The van der Waals surface area contributed by atoms with E-state index in [4.69, 9.17) is 13.3 Å². The highest BCUT2D eigenvalue weighted by molar-refractivity contribution is 6.81. The lowest BCUT2D eigenvalue weighted by atomic mass is 9.99. The maximum Gasteiger partial charge on any atom is 0.500 e. The highest BCUT2D eigenvalue weighted by Crippen LogP contribution is 2.53. The van der Waals surface area contributed by atoms with Crippen LogP contribution < -0.4 is 0 Å². The Kier molecular flexibility index (Phi) is 14.5. The highest BCUT2D eigenvalue weighted by Gasteiger charge is 2.49. The van der Waals surface area contributed by atoms with Crippen molar-refractivity contribution >= 4 is 16.9 Å². The summed E-state index contributed by atoms with van der Waals surface area (Å²) in [5.41, 5.74) is 0.